The molecule has 1 amide bonds. The Hall–Kier alpha value is -1.62. The number of carbonyl (C=O) groups excluding carboxylic acids is 1. The van der Waals surface area contributed by atoms with Crippen molar-refractivity contribution in [1.82, 2.24) is 9.78 Å². The molecular formula is C14H17N3OS. The van der Waals surface area contributed by atoms with Gasteiger partial charge < -0.3 is 5.32 Å². The Balaban J connectivity index is 2.11. The van der Waals surface area contributed by atoms with E-state index in [1.54, 1.807) is 11.3 Å². The lowest BCUT2D eigenvalue weighted by molar-refractivity contribution is -0.116. The highest BCUT2D eigenvalue weighted by atomic mass is 32.1. The van der Waals surface area contributed by atoms with Crippen molar-refractivity contribution in [2.75, 3.05) is 5.32 Å². The van der Waals surface area contributed by atoms with Gasteiger partial charge in [0.2, 0.25) is 5.91 Å². The van der Waals surface area contributed by atoms with Crippen molar-refractivity contribution < 1.29 is 4.79 Å². The highest BCUT2D eigenvalue weighted by molar-refractivity contribution is 7.08. The number of hydrogen-bond acceptors (Lipinski definition) is 3. The molecule has 3 heterocycles. The summed E-state index contributed by atoms with van der Waals surface area (Å²) < 4.78 is 1.90. The minimum atomic E-state index is -0.141. The molecule has 4 nitrogen and oxygen atoms in total. The van der Waals surface area contributed by atoms with E-state index in [2.05, 4.69) is 48.0 Å². The molecule has 0 saturated heterocycles. The number of hydrogen-bond donors (Lipinski definition) is 1. The van der Waals surface area contributed by atoms with Crippen LogP contribution in [-0.4, -0.2) is 15.7 Å². The van der Waals surface area contributed by atoms with E-state index in [1.807, 2.05) is 10.9 Å². The average molecular weight is 275 g/mol. The molecule has 0 saturated carbocycles. The Bertz CT molecular complexity index is 607. The first kappa shape index (κ1) is 12.4. The molecule has 0 aliphatic carbocycles. The molecular weight excluding hydrogens is 258 g/mol. The molecule has 1 N–H and O–H groups in total. The van der Waals surface area contributed by atoms with Gasteiger partial charge in [-0.15, -0.1) is 0 Å². The molecule has 1 aliphatic rings. The van der Waals surface area contributed by atoms with Crippen molar-refractivity contribution in [3.8, 4) is 0 Å². The molecule has 5 heteroatoms. The Kier molecular flexibility index (Phi) is 2.74. The summed E-state index contributed by atoms with van der Waals surface area (Å²) in [5.74, 6) is 1.04. The molecule has 2 aromatic rings. The number of carbonyl (C=O) groups is 1. The summed E-state index contributed by atoms with van der Waals surface area (Å²) >= 11 is 1.66. The SMILES string of the molecule is CC(C)(C)n1ncc2c1NC(=O)CC2c1ccsc1. The fraction of sp³-hybridized carbons (Fsp3) is 0.429. The van der Waals surface area contributed by atoms with Crippen LogP contribution in [0.1, 0.15) is 44.2 Å². The van der Waals surface area contributed by atoms with Gasteiger partial charge in [-0.2, -0.15) is 16.4 Å². The van der Waals surface area contributed by atoms with Crippen LogP contribution < -0.4 is 5.32 Å². The third-order valence-corrected chi connectivity index (χ3v) is 4.10. The summed E-state index contributed by atoms with van der Waals surface area (Å²) in [5, 5.41) is 11.6. The monoisotopic (exact) mass is 275 g/mol. The number of thiophene rings is 1. The molecule has 0 radical (unpaired) electrons. The number of amides is 1. The predicted octanol–water partition coefficient (Wildman–Crippen LogP) is 3.17. The van der Waals surface area contributed by atoms with Crippen molar-refractivity contribution in [3.05, 3.63) is 34.2 Å². The Labute approximate surface area is 116 Å². The molecule has 0 bridgehead atoms. The van der Waals surface area contributed by atoms with Crippen LogP contribution in [-0.2, 0) is 10.3 Å². The van der Waals surface area contributed by atoms with Gasteiger partial charge in [-0.25, -0.2) is 4.68 Å². The highest BCUT2D eigenvalue weighted by Gasteiger charge is 2.32. The maximum absolute atomic E-state index is 12.0. The Morgan fingerprint density at radius 3 is 2.89 bits per heavy atom. The molecule has 1 aliphatic heterocycles. The number of fused-ring (bicyclic) bond motifs is 1. The van der Waals surface area contributed by atoms with E-state index in [-0.39, 0.29) is 17.4 Å². The Morgan fingerprint density at radius 1 is 1.47 bits per heavy atom. The van der Waals surface area contributed by atoms with Gasteiger partial charge in [-0.1, -0.05) is 0 Å². The molecule has 0 aromatic carbocycles. The van der Waals surface area contributed by atoms with Crippen LogP contribution in [0.25, 0.3) is 0 Å². The first-order valence-electron chi connectivity index (χ1n) is 6.37. The molecule has 0 spiro atoms. The van der Waals surface area contributed by atoms with E-state index in [0.29, 0.717) is 6.42 Å². The topological polar surface area (TPSA) is 46.9 Å². The van der Waals surface area contributed by atoms with Crippen LogP contribution in [0.3, 0.4) is 0 Å². The number of nitrogens with one attached hydrogen (secondary N) is 1. The summed E-state index contributed by atoms with van der Waals surface area (Å²) in [6.45, 7) is 6.25. The molecule has 1 atom stereocenters. The maximum Gasteiger partial charge on any atom is 0.226 e. The summed E-state index contributed by atoms with van der Waals surface area (Å²) in [6, 6.07) is 2.09. The van der Waals surface area contributed by atoms with Gasteiger partial charge in [0.1, 0.15) is 5.82 Å². The number of anilines is 1. The van der Waals surface area contributed by atoms with Gasteiger partial charge in [0.15, 0.2) is 0 Å². The largest absolute Gasteiger partial charge is 0.311 e. The lowest BCUT2D eigenvalue weighted by Crippen LogP contribution is -2.30. The van der Waals surface area contributed by atoms with Crippen molar-refractivity contribution in [1.29, 1.82) is 0 Å². The summed E-state index contributed by atoms with van der Waals surface area (Å²) in [4.78, 5) is 12.0. The van der Waals surface area contributed by atoms with Crippen molar-refractivity contribution in [2.45, 2.75) is 38.6 Å². The molecule has 19 heavy (non-hydrogen) atoms. The third kappa shape index (κ3) is 2.08. The molecule has 0 fully saturated rings. The highest BCUT2D eigenvalue weighted by Crippen LogP contribution is 2.39. The predicted molar refractivity (Wildman–Crippen MR) is 76.6 cm³/mol. The standard InChI is InChI=1S/C14H17N3OS/c1-14(2,3)17-13-11(7-15-17)10(6-12(18)16-13)9-4-5-19-8-9/h4-5,7-8,10H,6H2,1-3H3,(H,16,18). The molecule has 2 aromatic heterocycles. The first-order chi connectivity index (χ1) is 8.97. The minimum Gasteiger partial charge on any atom is -0.311 e. The van der Waals surface area contributed by atoms with E-state index < -0.39 is 0 Å². The summed E-state index contributed by atoms with van der Waals surface area (Å²) in [5.41, 5.74) is 2.18. The smallest absolute Gasteiger partial charge is 0.226 e. The van der Waals surface area contributed by atoms with Crippen molar-refractivity contribution in [3.63, 3.8) is 0 Å². The summed E-state index contributed by atoms with van der Waals surface area (Å²) in [6.07, 6.45) is 2.39. The van der Waals surface area contributed by atoms with Gasteiger partial charge in [0.05, 0.1) is 11.7 Å². The quantitative estimate of drug-likeness (QED) is 0.869. The van der Waals surface area contributed by atoms with E-state index >= 15 is 0 Å². The molecule has 100 valence electrons. The third-order valence-electron chi connectivity index (χ3n) is 3.40. The average Bonchev–Trinajstić information content (AvgIpc) is 2.95. The van der Waals surface area contributed by atoms with Crippen LogP contribution in [0.4, 0.5) is 5.82 Å². The second-order valence-electron chi connectivity index (χ2n) is 5.89. The number of nitrogens with zero attached hydrogens (tertiary/aromatic N) is 2. The number of rotatable bonds is 1. The van der Waals surface area contributed by atoms with E-state index in [9.17, 15) is 4.79 Å². The zero-order valence-corrected chi connectivity index (χ0v) is 12.1. The van der Waals surface area contributed by atoms with Gasteiger partial charge in [-0.05, 0) is 43.2 Å². The van der Waals surface area contributed by atoms with E-state index in [4.69, 9.17) is 0 Å². The van der Waals surface area contributed by atoms with Gasteiger partial charge in [0.25, 0.3) is 0 Å². The van der Waals surface area contributed by atoms with E-state index in [0.717, 1.165) is 11.4 Å². The zero-order valence-electron chi connectivity index (χ0n) is 11.3. The van der Waals surface area contributed by atoms with Crippen molar-refractivity contribution in [2.24, 2.45) is 0 Å². The first-order valence-corrected chi connectivity index (χ1v) is 7.31. The van der Waals surface area contributed by atoms with Gasteiger partial charge in [0, 0.05) is 17.9 Å². The molecule has 3 rings (SSSR count). The van der Waals surface area contributed by atoms with Crippen LogP contribution in [0, 0.1) is 0 Å². The lowest BCUT2D eigenvalue weighted by Gasteiger charge is -2.27. The lowest BCUT2D eigenvalue weighted by atomic mass is 9.89. The second-order valence-corrected chi connectivity index (χ2v) is 6.67. The second kappa shape index (κ2) is 4.20. The minimum absolute atomic E-state index is 0.0645. The summed E-state index contributed by atoms with van der Waals surface area (Å²) in [7, 11) is 0. The normalized spacial score (nSPS) is 19.1. The van der Waals surface area contributed by atoms with Crippen LogP contribution in [0.5, 0.6) is 0 Å². The molecule has 1 unspecified atom stereocenters. The Morgan fingerprint density at radius 2 is 2.26 bits per heavy atom. The fourth-order valence-corrected chi connectivity index (χ4v) is 3.21. The van der Waals surface area contributed by atoms with Crippen LogP contribution in [0.2, 0.25) is 0 Å². The van der Waals surface area contributed by atoms with Gasteiger partial charge >= 0.3 is 0 Å². The van der Waals surface area contributed by atoms with Crippen LogP contribution >= 0.6 is 11.3 Å². The van der Waals surface area contributed by atoms with Crippen LogP contribution in [0.15, 0.2) is 23.0 Å². The van der Waals surface area contributed by atoms with Crippen molar-refractivity contribution >= 4 is 23.1 Å². The maximum atomic E-state index is 12.0. The van der Waals surface area contributed by atoms with Gasteiger partial charge in [-0.3, -0.25) is 4.79 Å². The zero-order chi connectivity index (χ0) is 13.6. The number of aromatic nitrogens is 2. The van der Waals surface area contributed by atoms with E-state index in [1.165, 1.54) is 5.56 Å². The fourth-order valence-electron chi connectivity index (χ4n) is 2.50.